The predicted octanol–water partition coefficient (Wildman–Crippen LogP) is 3.79. The molecule has 0 aliphatic rings. The van der Waals surface area contributed by atoms with Gasteiger partial charge in [-0.05, 0) is 38.5 Å². The van der Waals surface area contributed by atoms with Crippen molar-refractivity contribution in [2.75, 3.05) is 39.5 Å². The molecule has 0 rings (SSSR count). The van der Waals surface area contributed by atoms with Gasteiger partial charge in [-0.25, -0.2) is 10.2 Å². The van der Waals surface area contributed by atoms with Gasteiger partial charge in [-0.2, -0.15) is 0 Å². The molecule has 0 aromatic heterocycles. The van der Waals surface area contributed by atoms with Crippen LogP contribution in [0.5, 0.6) is 0 Å². The highest BCUT2D eigenvalue weighted by atomic mass is 16.5. The number of carbonyl (C=O) groups excluding carboxylic acids is 3. The van der Waals surface area contributed by atoms with Gasteiger partial charge in [0.1, 0.15) is 18.7 Å². The van der Waals surface area contributed by atoms with Gasteiger partial charge in [0.05, 0.1) is 19.8 Å². The molecule has 0 aliphatic heterocycles. The molecule has 0 aliphatic carbocycles. The zero-order chi connectivity index (χ0) is 39.4. The maximum atomic E-state index is 12.3. The van der Waals surface area contributed by atoms with Gasteiger partial charge in [-0.1, -0.05) is 89.9 Å². The third kappa shape index (κ3) is 34.2. The number of aliphatic carboxylic acids is 3. The smallest absolute Gasteiger partial charge is 0.326 e. The van der Waals surface area contributed by atoms with Gasteiger partial charge in [0.15, 0.2) is 0 Å². The lowest BCUT2D eigenvalue weighted by atomic mass is 10.0. The first-order valence-corrected chi connectivity index (χ1v) is 19.7. The van der Waals surface area contributed by atoms with Gasteiger partial charge >= 0.3 is 17.9 Å². The Kier molecular flexibility index (Phi) is 33.4. The Labute approximate surface area is 315 Å². The highest BCUT2D eigenvalue weighted by Gasteiger charge is 2.21. The summed E-state index contributed by atoms with van der Waals surface area (Å²) in [5, 5.41) is 34.9. The van der Waals surface area contributed by atoms with E-state index in [0.717, 1.165) is 38.5 Å². The van der Waals surface area contributed by atoms with Crippen LogP contribution in [0.1, 0.15) is 148 Å². The molecule has 0 saturated carbocycles. The maximum Gasteiger partial charge on any atom is 0.326 e. The molecule has 0 fully saturated rings. The van der Waals surface area contributed by atoms with E-state index >= 15 is 0 Å². The van der Waals surface area contributed by atoms with Crippen LogP contribution in [-0.4, -0.2) is 103 Å². The number of hydrogen-bond donors (Lipinski definition) is 8. The Bertz CT molecular complexity index is 1000. The van der Waals surface area contributed by atoms with Crippen LogP contribution < -0.4 is 27.2 Å². The van der Waals surface area contributed by atoms with Crippen LogP contribution in [0.15, 0.2) is 0 Å². The third-order valence-electron chi connectivity index (χ3n) is 8.75. The van der Waals surface area contributed by atoms with Gasteiger partial charge in [-0.3, -0.25) is 29.8 Å². The number of carbonyl (C=O) groups is 6. The lowest BCUT2D eigenvalue weighted by molar-refractivity contribution is -0.142. The monoisotopic (exact) mass is 759 g/mol. The minimum Gasteiger partial charge on any atom is -0.481 e. The number of hydrazine groups is 1. The van der Waals surface area contributed by atoms with E-state index in [1.165, 1.54) is 57.8 Å². The number of carboxylic acid groups (broad SMARTS) is 3. The standard InChI is InChI=1S/C37H69N5O11/c38-42-31(37(50)51)19-17-18-24-39-34(45)29-53-28-27-52-26-25-40-32(43)23-22-30(36(48)49)41-33(44)20-15-13-11-9-7-5-3-1-2-4-6-8-10-12-14-16-21-35(46)47/h30-31,42H,1-29,38H2,(H,39,45)(H,40,43)(H,41,44)(H,46,47)(H,48,49)(H,50,51)/t30?,31-/m0/s1. The van der Waals surface area contributed by atoms with E-state index in [0.29, 0.717) is 32.2 Å². The van der Waals surface area contributed by atoms with Crippen LogP contribution in [-0.2, 0) is 38.2 Å². The fraction of sp³-hybridized carbons (Fsp3) is 0.838. The average Bonchev–Trinajstić information content (AvgIpc) is 3.11. The Morgan fingerprint density at radius 1 is 0.472 bits per heavy atom. The van der Waals surface area contributed by atoms with Crippen molar-refractivity contribution in [1.29, 1.82) is 0 Å². The van der Waals surface area contributed by atoms with E-state index < -0.39 is 30.0 Å². The number of nitrogens with one attached hydrogen (secondary N) is 4. The molecule has 0 radical (unpaired) electrons. The number of nitrogens with two attached hydrogens (primary N) is 1. The fourth-order valence-corrected chi connectivity index (χ4v) is 5.60. The number of ether oxygens (including phenoxy) is 2. The summed E-state index contributed by atoms with van der Waals surface area (Å²) in [5.74, 6) is 1.29. The summed E-state index contributed by atoms with van der Waals surface area (Å²) in [4.78, 5) is 69.2. The summed E-state index contributed by atoms with van der Waals surface area (Å²) in [6.45, 7) is 1.05. The summed E-state index contributed by atoms with van der Waals surface area (Å²) in [5.41, 5.74) is 2.22. The van der Waals surface area contributed by atoms with Gasteiger partial charge in [-0.15, -0.1) is 0 Å². The number of rotatable bonds is 39. The van der Waals surface area contributed by atoms with E-state index in [2.05, 4.69) is 21.4 Å². The molecular formula is C37H69N5O11. The zero-order valence-corrected chi connectivity index (χ0v) is 31.8. The molecule has 0 bridgehead atoms. The first-order valence-electron chi connectivity index (χ1n) is 19.7. The SMILES string of the molecule is NN[C@@H](CCCCNC(=O)COCCOCCNC(=O)CCC(NC(=O)CCCCCCCCCCCCCCCCCCC(=O)O)C(=O)O)C(=O)O. The fourth-order valence-electron chi connectivity index (χ4n) is 5.60. The van der Waals surface area contributed by atoms with Gasteiger partial charge in [0, 0.05) is 32.4 Å². The van der Waals surface area contributed by atoms with Crippen molar-refractivity contribution in [2.24, 2.45) is 5.84 Å². The van der Waals surface area contributed by atoms with Crippen molar-refractivity contribution in [3.05, 3.63) is 0 Å². The van der Waals surface area contributed by atoms with Crippen LogP contribution >= 0.6 is 0 Å². The second kappa shape index (κ2) is 35.7. The molecule has 308 valence electrons. The number of unbranched alkanes of at least 4 members (excludes halogenated alkanes) is 16. The van der Waals surface area contributed by atoms with E-state index in [1.807, 2.05) is 0 Å². The van der Waals surface area contributed by atoms with E-state index in [9.17, 15) is 33.9 Å². The molecule has 0 heterocycles. The van der Waals surface area contributed by atoms with Gasteiger partial charge in [0.2, 0.25) is 17.7 Å². The minimum atomic E-state index is -1.18. The van der Waals surface area contributed by atoms with Crippen molar-refractivity contribution in [1.82, 2.24) is 21.4 Å². The van der Waals surface area contributed by atoms with Crippen molar-refractivity contribution >= 4 is 35.6 Å². The molecule has 0 spiro atoms. The molecular weight excluding hydrogens is 690 g/mol. The Morgan fingerprint density at radius 3 is 1.47 bits per heavy atom. The predicted molar refractivity (Wildman–Crippen MR) is 200 cm³/mol. The van der Waals surface area contributed by atoms with Crippen LogP contribution in [0.2, 0.25) is 0 Å². The van der Waals surface area contributed by atoms with E-state index in [4.69, 9.17) is 25.5 Å². The van der Waals surface area contributed by atoms with Crippen LogP contribution in [0, 0.1) is 0 Å². The lowest BCUT2D eigenvalue weighted by Crippen LogP contribution is -2.41. The molecule has 16 nitrogen and oxygen atoms in total. The second-order valence-electron chi connectivity index (χ2n) is 13.5. The first kappa shape index (κ1) is 49.7. The molecule has 53 heavy (non-hydrogen) atoms. The van der Waals surface area contributed by atoms with Gasteiger partial charge < -0.3 is 40.7 Å². The summed E-state index contributed by atoms with van der Waals surface area (Å²) < 4.78 is 10.6. The molecule has 2 atom stereocenters. The zero-order valence-electron chi connectivity index (χ0n) is 31.8. The quantitative estimate of drug-likeness (QED) is 0.0253. The molecule has 0 saturated heterocycles. The highest BCUT2D eigenvalue weighted by molar-refractivity contribution is 5.84. The largest absolute Gasteiger partial charge is 0.481 e. The summed E-state index contributed by atoms with van der Waals surface area (Å²) in [7, 11) is 0. The van der Waals surface area contributed by atoms with Crippen LogP contribution in [0.4, 0.5) is 0 Å². The van der Waals surface area contributed by atoms with Crippen molar-refractivity contribution in [3.63, 3.8) is 0 Å². The molecule has 0 aromatic rings. The number of carboxylic acids is 3. The lowest BCUT2D eigenvalue weighted by Gasteiger charge is -2.14. The molecule has 3 amide bonds. The summed E-state index contributed by atoms with van der Waals surface area (Å²) in [6.07, 6.45) is 19.9. The Morgan fingerprint density at radius 2 is 0.962 bits per heavy atom. The molecule has 1 unspecified atom stereocenters. The number of hydrogen-bond acceptors (Lipinski definition) is 10. The Balaban J connectivity index is 3.68. The highest BCUT2D eigenvalue weighted by Crippen LogP contribution is 2.14. The van der Waals surface area contributed by atoms with Crippen molar-refractivity contribution in [2.45, 2.75) is 160 Å². The Hall–Kier alpha value is -3.34. The van der Waals surface area contributed by atoms with E-state index in [1.54, 1.807) is 0 Å². The maximum absolute atomic E-state index is 12.3. The normalized spacial score (nSPS) is 12.2. The third-order valence-corrected chi connectivity index (χ3v) is 8.75. The first-order chi connectivity index (χ1) is 25.6. The number of amides is 3. The van der Waals surface area contributed by atoms with E-state index in [-0.39, 0.29) is 76.4 Å². The molecule has 9 N–H and O–H groups in total. The average molecular weight is 760 g/mol. The van der Waals surface area contributed by atoms with Crippen LogP contribution in [0.25, 0.3) is 0 Å². The second-order valence-corrected chi connectivity index (χ2v) is 13.5. The summed E-state index contributed by atoms with van der Waals surface area (Å²) >= 11 is 0. The topological polar surface area (TPSA) is 256 Å². The van der Waals surface area contributed by atoms with Crippen LogP contribution in [0.3, 0.4) is 0 Å². The minimum absolute atomic E-state index is 0.0202. The molecule has 0 aromatic carbocycles. The van der Waals surface area contributed by atoms with Crippen molar-refractivity contribution in [3.8, 4) is 0 Å². The molecule has 16 heteroatoms. The van der Waals surface area contributed by atoms with Crippen molar-refractivity contribution < 1.29 is 53.6 Å². The van der Waals surface area contributed by atoms with Gasteiger partial charge in [0.25, 0.3) is 0 Å². The summed E-state index contributed by atoms with van der Waals surface area (Å²) in [6, 6.07) is -1.95.